The molecule has 3 nitrogen and oxygen atoms in total. The zero-order chi connectivity index (χ0) is 18.1. The Hall–Kier alpha value is -1.85. The number of carbonyl (C=O) groups is 2. The molecule has 2 amide bonds. The van der Waals surface area contributed by atoms with Gasteiger partial charge in [-0.1, -0.05) is 65.7 Å². The Kier molecular flexibility index (Phi) is 5.16. The molecule has 25 heavy (non-hydrogen) atoms. The minimum atomic E-state index is -0.268. The van der Waals surface area contributed by atoms with Crippen molar-refractivity contribution < 1.29 is 9.59 Å². The van der Waals surface area contributed by atoms with Crippen molar-refractivity contribution in [3.63, 3.8) is 0 Å². The third-order valence-electron chi connectivity index (χ3n) is 3.80. The molecule has 0 unspecified atom stereocenters. The highest BCUT2D eigenvalue weighted by molar-refractivity contribution is 9.10. The van der Waals surface area contributed by atoms with Gasteiger partial charge in [0.2, 0.25) is 0 Å². The molecular formula is C20H18BrNO2S. The maximum Gasteiger partial charge on any atom is 0.272 e. The van der Waals surface area contributed by atoms with Gasteiger partial charge in [-0.2, -0.15) is 0 Å². The average Bonchev–Trinajstić information content (AvgIpc) is 2.78. The molecule has 0 spiro atoms. The molecule has 2 aromatic carbocycles. The summed E-state index contributed by atoms with van der Waals surface area (Å²) in [6.07, 6.45) is 0. The molecule has 0 atom stereocenters. The zero-order valence-corrected chi connectivity index (χ0v) is 16.6. The van der Waals surface area contributed by atoms with Gasteiger partial charge in [-0.15, -0.1) is 11.8 Å². The van der Waals surface area contributed by atoms with Crippen LogP contribution in [0.25, 0.3) is 5.57 Å². The maximum absolute atomic E-state index is 13.1. The Labute approximate surface area is 160 Å². The van der Waals surface area contributed by atoms with E-state index in [-0.39, 0.29) is 17.1 Å². The summed E-state index contributed by atoms with van der Waals surface area (Å²) >= 11 is 4.84. The van der Waals surface area contributed by atoms with E-state index in [9.17, 15) is 9.59 Å². The summed E-state index contributed by atoms with van der Waals surface area (Å²) in [6, 6.07) is 15.0. The van der Waals surface area contributed by atoms with Gasteiger partial charge in [-0.25, -0.2) is 4.90 Å². The maximum atomic E-state index is 13.1. The summed E-state index contributed by atoms with van der Waals surface area (Å²) in [4.78, 5) is 27.9. The molecule has 0 aliphatic carbocycles. The summed E-state index contributed by atoms with van der Waals surface area (Å²) in [5.74, 6) is -0.521. The number of halogens is 1. The molecule has 0 fully saturated rings. The van der Waals surface area contributed by atoms with E-state index in [0.29, 0.717) is 16.2 Å². The molecule has 1 heterocycles. The van der Waals surface area contributed by atoms with E-state index in [1.165, 1.54) is 16.7 Å². The van der Waals surface area contributed by atoms with E-state index in [2.05, 4.69) is 15.9 Å². The summed E-state index contributed by atoms with van der Waals surface area (Å²) < 4.78 is 0.826. The number of rotatable bonds is 4. The lowest BCUT2D eigenvalue weighted by Gasteiger charge is -2.15. The third kappa shape index (κ3) is 3.58. The monoisotopic (exact) mass is 415 g/mol. The minimum Gasteiger partial charge on any atom is -0.268 e. The van der Waals surface area contributed by atoms with Crippen molar-refractivity contribution in [1.82, 2.24) is 0 Å². The van der Waals surface area contributed by atoms with Crippen LogP contribution < -0.4 is 4.90 Å². The predicted octanol–water partition coefficient (Wildman–Crippen LogP) is 5.18. The van der Waals surface area contributed by atoms with Crippen molar-refractivity contribution in [2.24, 2.45) is 0 Å². The van der Waals surface area contributed by atoms with Gasteiger partial charge in [0, 0.05) is 9.72 Å². The van der Waals surface area contributed by atoms with Gasteiger partial charge in [0.15, 0.2) is 0 Å². The molecule has 0 aromatic heterocycles. The highest BCUT2D eigenvalue weighted by Gasteiger charge is 2.40. The summed E-state index contributed by atoms with van der Waals surface area (Å²) in [6.45, 7) is 6.03. The highest BCUT2D eigenvalue weighted by atomic mass is 79.9. The molecule has 0 N–H and O–H groups in total. The smallest absolute Gasteiger partial charge is 0.268 e. The van der Waals surface area contributed by atoms with Crippen LogP contribution in [0.5, 0.6) is 0 Å². The Bertz CT molecular complexity index is 872. The van der Waals surface area contributed by atoms with E-state index in [0.717, 1.165) is 15.6 Å². The van der Waals surface area contributed by atoms with Crippen LogP contribution in [-0.2, 0) is 9.59 Å². The van der Waals surface area contributed by atoms with Crippen LogP contribution in [0.15, 0.2) is 57.9 Å². The molecule has 5 heteroatoms. The second-order valence-corrected chi connectivity index (χ2v) is 8.66. The third-order valence-corrected chi connectivity index (χ3v) is 5.38. The predicted molar refractivity (Wildman–Crippen MR) is 107 cm³/mol. The fraction of sp³-hybridized carbons (Fsp3) is 0.200. The second kappa shape index (κ2) is 7.18. The van der Waals surface area contributed by atoms with Gasteiger partial charge in [-0.3, -0.25) is 9.59 Å². The number of amides is 2. The van der Waals surface area contributed by atoms with E-state index >= 15 is 0 Å². The number of nitrogens with zero attached hydrogens (tertiary/aromatic N) is 1. The highest BCUT2D eigenvalue weighted by Crippen LogP contribution is 2.40. The first-order valence-electron chi connectivity index (χ1n) is 8.01. The van der Waals surface area contributed by atoms with Crippen LogP contribution in [-0.4, -0.2) is 17.1 Å². The zero-order valence-electron chi connectivity index (χ0n) is 14.2. The van der Waals surface area contributed by atoms with E-state index < -0.39 is 0 Å². The largest absolute Gasteiger partial charge is 0.272 e. The van der Waals surface area contributed by atoms with Crippen molar-refractivity contribution in [2.75, 3.05) is 4.90 Å². The van der Waals surface area contributed by atoms with Crippen LogP contribution >= 0.6 is 27.7 Å². The van der Waals surface area contributed by atoms with E-state index in [1.54, 1.807) is 12.1 Å². The lowest BCUT2D eigenvalue weighted by molar-refractivity contribution is -0.119. The Morgan fingerprint density at radius 2 is 1.68 bits per heavy atom. The number of carbonyl (C=O) groups excluding carboxylic acids is 2. The van der Waals surface area contributed by atoms with E-state index in [4.69, 9.17) is 0 Å². The first-order valence-corrected chi connectivity index (χ1v) is 9.68. The number of anilines is 1. The lowest BCUT2D eigenvalue weighted by Crippen LogP contribution is -2.31. The fourth-order valence-electron chi connectivity index (χ4n) is 2.68. The molecule has 3 rings (SSSR count). The van der Waals surface area contributed by atoms with Gasteiger partial charge >= 0.3 is 0 Å². The van der Waals surface area contributed by atoms with Gasteiger partial charge in [0.1, 0.15) is 0 Å². The number of benzene rings is 2. The minimum absolute atomic E-state index is 0.203. The molecule has 1 aliphatic heterocycles. The number of thioether (sulfide) groups is 1. The number of hydrogen-bond acceptors (Lipinski definition) is 3. The van der Waals surface area contributed by atoms with Crippen LogP contribution in [0.3, 0.4) is 0 Å². The Morgan fingerprint density at radius 1 is 1.00 bits per heavy atom. The van der Waals surface area contributed by atoms with E-state index in [1.807, 2.05) is 57.2 Å². The van der Waals surface area contributed by atoms with Crippen molar-refractivity contribution in [3.05, 3.63) is 69.0 Å². The van der Waals surface area contributed by atoms with Gasteiger partial charge in [-0.05, 0) is 30.7 Å². The molecule has 0 saturated heterocycles. The lowest BCUT2D eigenvalue weighted by atomic mass is 10.0. The normalized spacial score (nSPS) is 14.8. The molecule has 0 saturated carbocycles. The molecule has 0 bridgehead atoms. The fourth-order valence-corrected chi connectivity index (χ4v) is 4.05. The van der Waals surface area contributed by atoms with Crippen molar-refractivity contribution >= 4 is 50.8 Å². The average molecular weight is 416 g/mol. The standard InChI is InChI=1S/C20H18BrNO2S/c1-12(2)25-18-17(14-9-7-13(3)8-10-14)19(23)22(20(18)24)16-6-4-5-15(21)11-16/h4-12H,1-3H3. The van der Waals surface area contributed by atoms with Crippen LogP contribution in [0.1, 0.15) is 25.0 Å². The van der Waals surface area contributed by atoms with Crippen LogP contribution in [0, 0.1) is 6.92 Å². The SMILES string of the molecule is Cc1ccc(C2=C(SC(C)C)C(=O)N(c3cccc(Br)c3)C2=O)cc1. The number of hydrogen-bond donors (Lipinski definition) is 0. The molecule has 2 aromatic rings. The number of imide groups is 1. The summed E-state index contributed by atoms with van der Waals surface area (Å²) in [5, 5.41) is 0.203. The topological polar surface area (TPSA) is 37.4 Å². The molecule has 128 valence electrons. The molecule has 0 radical (unpaired) electrons. The van der Waals surface area contributed by atoms with Gasteiger partial charge < -0.3 is 0 Å². The quantitative estimate of drug-likeness (QED) is 0.645. The van der Waals surface area contributed by atoms with Crippen molar-refractivity contribution in [1.29, 1.82) is 0 Å². The number of aryl methyl sites for hydroxylation is 1. The van der Waals surface area contributed by atoms with Gasteiger partial charge in [0.25, 0.3) is 11.8 Å². The van der Waals surface area contributed by atoms with Crippen LogP contribution in [0.2, 0.25) is 0 Å². The summed E-state index contributed by atoms with van der Waals surface area (Å²) in [5.41, 5.74) is 2.96. The first-order chi connectivity index (χ1) is 11.9. The first kappa shape index (κ1) is 18.0. The molecule has 1 aliphatic rings. The second-order valence-electron chi connectivity index (χ2n) is 6.16. The summed E-state index contributed by atoms with van der Waals surface area (Å²) in [7, 11) is 0. The van der Waals surface area contributed by atoms with Gasteiger partial charge in [0.05, 0.1) is 16.2 Å². The van der Waals surface area contributed by atoms with Crippen molar-refractivity contribution in [3.8, 4) is 0 Å². The van der Waals surface area contributed by atoms with Crippen molar-refractivity contribution in [2.45, 2.75) is 26.0 Å². The Morgan fingerprint density at radius 3 is 2.28 bits per heavy atom. The Balaban J connectivity index is 2.11. The van der Waals surface area contributed by atoms with Crippen LogP contribution in [0.4, 0.5) is 5.69 Å². The molecular weight excluding hydrogens is 398 g/mol.